The molecule has 0 radical (unpaired) electrons. The van der Waals surface area contributed by atoms with Gasteiger partial charge in [0.25, 0.3) is 0 Å². The van der Waals surface area contributed by atoms with E-state index in [-0.39, 0.29) is 12.2 Å². The van der Waals surface area contributed by atoms with E-state index < -0.39 is 21.1 Å². The monoisotopic (exact) mass is 270 g/mol. The van der Waals surface area contributed by atoms with Gasteiger partial charge in [-0.25, -0.2) is 8.42 Å². The van der Waals surface area contributed by atoms with Crippen LogP contribution in [-0.2, 0) is 25.1 Å². The normalized spacial score (nSPS) is 13.1. The average Bonchev–Trinajstić information content (AvgIpc) is 2.31. The molecule has 0 saturated carbocycles. The zero-order valence-corrected chi connectivity index (χ0v) is 11.7. The Hall–Kier alpha value is -1.36. The second-order valence-corrected chi connectivity index (χ2v) is 6.74. The Kier molecular flexibility index (Phi) is 4.90. The Labute approximate surface area is 108 Å². The first-order valence-corrected chi connectivity index (χ1v) is 7.41. The van der Waals surface area contributed by atoms with Crippen molar-refractivity contribution in [1.82, 2.24) is 0 Å². The van der Waals surface area contributed by atoms with E-state index in [1.165, 1.54) is 14.0 Å². The van der Waals surface area contributed by atoms with Gasteiger partial charge in [-0.05, 0) is 25.0 Å². The van der Waals surface area contributed by atoms with Gasteiger partial charge in [0.05, 0.1) is 24.5 Å². The molecule has 0 amide bonds. The Morgan fingerprint density at radius 1 is 1.33 bits per heavy atom. The molecule has 0 aromatic heterocycles. The number of benzene rings is 1. The number of carbonyl (C=O) groups excluding carboxylic acids is 1. The number of rotatable bonds is 5. The van der Waals surface area contributed by atoms with Crippen LogP contribution >= 0.6 is 0 Å². The SMILES string of the molecule is COC(=O)CC(C)S(=O)(=O)Cc1ccccc1C. The highest BCUT2D eigenvalue weighted by Crippen LogP contribution is 2.16. The lowest BCUT2D eigenvalue weighted by Gasteiger charge is -2.13. The molecule has 1 rings (SSSR count). The van der Waals surface area contributed by atoms with Gasteiger partial charge in [0.2, 0.25) is 0 Å². The highest BCUT2D eigenvalue weighted by atomic mass is 32.2. The van der Waals surface area contributed by atoms with Crippen molar-refractivity contribution in [2.45, 2.75) is 31.3 Å². The average molecular weight is 270 g/mol. The second kappa shape index (κ2) is 6.00. The molecule has 1 aromatic carbocycles. The molecule has 0 aliphatic heterocycles. The summed E-state index contributed by atoms with van der Waals surface area (Å²) in [5.74, 6) is -0.548. The predicted molar refractivity (Wildman–Crippen MR) is 69.9 cm³/mol. The minimum absolute atomic E-state index is 0.0438. The van der Waals surface area contributed by atoms with Crippen molar-refractivity contribution in [3.63, 3.8) is 0 Å². The summed E-state index contributed by atoms with van der Waals surface area (Å²) in [6.07, 6.45) is -0.106. The van der Waals surface area contributed by atoms with Gasteiger partial charge in [-0.15, -0.1) is 0 Å². The van der Waals surface area contributed by atoms with E-state index in [4.69, 9.17) is 0 Å². The molecule has 0 saturated heterocycles. The van der Waals surface area contributed by atoms with Crippen LogP contribution in [0.4, 0.5) is 0 Å². The maximum atomic E-state index is 12.1. The van der Waals surface area contributed by atoms with Crippen molar-refractivity contribution in [3.8, 4) is 0 Å². The summed E-state index contributed by atoms with van der Waals surface area (Å²) in [4.78, 5) is 11.1. The van der Waals surface area contributed by atoms with Gasteiger partial charge in [0.1, 0.15) is 0 Å². The molecule has 0 bridgehead atoms. The summed E-state index contributed by atoms with van der Waals surface area (Å²) in [5, 5.41) is -0.732. The number of carbonyl (C=O) groups is 1. The van der Waals surface area contributed by atoms with Gasteiger partial charge in [0.15, 0.2) is 9.84 Å². The number of hydrogen-bond donors (Lipinski definition) is 0. The van der Waals surface area contributed by atoms with Gasteiger partial charge in [-0.1, -0.05) is 24.3 Å². The fraction of sp³-hybridized carbons (Fsp3) is 0.462. The highest BCUT2D eigenvalue weighted by molar-refractivity contribution is 7.91. The van der Waals surface area contributed by atoms with Gasteiger partial charge in [0, 0.05) is 0 Å². The molecule has 0 heterocycles. The van der Waals surface area contributed by atoms with E-state index in [2.05, 4.69) is 4.74 Å². The molecule has 0 N–H and O–H groups in total. The fourth-order valence-electron chi connectivity index (χ4n) is 1.58. The largest absolute Gasteiger partial charge is 0.469 e. The first kappa shape index (κ1) is 14.7. The minimum atomic E-state index is -3.34. The van der Waals surface area contributed by atoms with E-state index in [0.29, 0.717) is 0 Å². The van der Waals surface area contributed by atoms with E-state index in [1.807, 2.05) is 25.1 Å². The summed E-state index contributed by atoms with van der Waals surface area (Å²) in [6, 6.07) is 7.33. The van der Waals surface area contributed by atoms with Crippen LogP contribution in [0.15, 0.2) is 24.3 Å². The second-order valence-electron chi connectivity index (χ2n) is 4.32. The van der Waals surface area contributed by atoms with Crippen LogP contribution in [0.3, 0.4) is 0 Å². The minimum Gasteiger partial charge on any atom is -0.469 e. The highest BCUT2D eigenvalue weighted by Gasteiger charge is 2.24. The maximum Gasteiger partial charge on any atom is 0.306 e. The van der Waals surface area contributed by atoms with Gasteiger partial charge in [-0.2, -0.15) is 0 Å². The van der Waals surface area contributed by atoms with Gasteiger partial charge >= 0.3 is 5.97 Å². The maximum absolute atomic E-state index is 12.1. The lowest BCUT2D eigenvalue weighted by atomic mass is 10.1. The summed E-state index contributed by atoms with van der Waals surface area (Å²) < 4.78 is 28.7. The predicted octanol–water partition coefficient (Wildman–Crippen LogP) is 1.86. The number of ether oxygens (including phenoxy) is 1. The standard InChI is InChI=1S/C13H18O4S/c1-10-6-4-5-7-12(10)9-18(15,16)11(2)8-13(14)17-3/h4-7,11H,8-9H2,1-3H3. The molecular formula is C13H18O4S. The molecule has 4 nitrogen and oxygen atoms in total. The topological polar surface area (TPSA) is 60.4 Å². The molecule has 0 aliphatic rings. The lowest BCUT2D eigenvalue weighted by Crippen LogP contribution is -2.23. The summed E-state index contributed by atoms with van der Waals surface area (Å²) in [6.45, 7) is 3.40. The Bertz CT molecular complexity index is 520. The van der Waals surface area contributed by atoms with Gasteiger partial charge < -0.3 is 4.74 Å². The van der Waals surface area contributed by atoms with E-state index in [0.717, 1.165) is 11.1 Å². The number of aryl methyl sites for hydroxylation is 1. The molecule has 1 aromatic rings. The van der Waals surface area contributed by atoms with Crippen LogP contribution in [0, 0.1) is 6.92 Å². The van der Waals surface area contributed by atoms with Crippen LogP contribution in [-0.4, -0.2) is 26.7 Å². The smallest absolute Gasteiger partial charge is 0.306 e. The fourth-order valence-corrected chi connectivity index (χ4v) is 3.01. The molecule has 1 atom stereocenters. The molecule has 0 fully saturated rings. The van der Waals surface area contributed by atoms with Gasteiger partial charge in [-0.3, -0.25) is 4.79 Å². The summed E-state index contributed by atoms with van der Waals surface area (Å²) in [5.41, 5.74) is 1.71. The zero-order chi connectivity index (χ0) is 13.8. The van der Waals surface area contributed by atoms with Crippen LogP contribution in [0.2, 0.25) is 0 Å². The van der Waals surface area contributed by atoms with E-state index >= 15 is 0 Å². The number of esters is 1. The first-order valence-electron chi connectivity index (χ1n) is 5.69. The molecule has 100 valence electrons. The summed E-state index contributed by atoms with van der Waals surface area (Å²) >= 11 is 0. The third-order valence-electron chi connectivity index (χ3n) is 2.91. The zero-order valence-electron chi connectivity index (χ0n) is 10.8. The molecule has 0 spiro atoms. The Balaban J connectivity index is 2.82. The third kappa shape index (κ3) is 3.84. The number of sulfone groups is 1. The Morgan fingerprint density at radius 2 is 1.94 bits per heavy atom. The Morgan fingerprint density at radius 3 is 2.50 bits per heavy atom. The van der Waals surface area contributed by atoms with E-state index in [9.17, 15) is 13.2 Å². The number of methoxy groups -OCH3 is 1. The molecule has 1 unspecified atom stereocenters. The van der Waals surface area contributed by atoms with Crippen molar-refractivity contribution in [2.75, 3.05) is 7.11 Å². The van der Waals surface area contributed by atoms with Crippen molar-refractivity contribution in [1.29, 1.82) is 0 Å². The molecule has 5 heteroatoms. The van der Waals surface area contributed by atoms with Crippen molar-refractivity contribution >= 4 is 15.8 Å². The van der Waals surface area contributed by atoms with Crippen LogP contribution in [0.5, 0.6) is 0 Å². The summed E-state index contributed by atoms with van der Waals surface area (Å²) in [7, 11) is -2.09. The van der Waals surface area contributed by atoms with Crippen molar-refractivity contribution < 1.29 is 17.9 Å². The molecule has 0 aliphatic carbocycles. The number of hydrogen-bond acceptors (Lipinski definition) is 4. The molecule has 18 heavy (non-hydrogen) atoms. The van der Waals surface area contributed by atoms with Crippen LogP contribution in [0.1, 0.15) is 24.5 Å². The van der Waals surface area contributed by atoms with Crippen LogP contribution < -0.4 is 0 Å². The van der Waals surface area contributed by atoms with Crippen molar-refractivity contribution in [2.24, 2.45) is 0 Å². The lowest BCUT2D eigenvalue weighted by molar-refractivity contribution is -0.140. The quantitative estimate of drug-likeness (QED) is 0.766. The van der Waals surface area contributed by atoms with Crippen LogP contribution in [0.25, 0.3) is 0 Å². The first-order chi connectivity index (χ1) is 8.36. The van der Waals surface area contributed by atoms with E-state index in [1.54, 1.807) is 6.07 Å². The third-order valence-corrected chi connectivity index (χ3v) is 5.02. The molecular weight excluding hydrogens is 252 g/mol. The van der Waals surface area contributed by atoms with Crippen molar-refractivity contribution in [3.05, 3.63) is 35.4 Å².